The molecule has 1 aliphatic heterocycles. The number of rotatable bonds is 3. The minimum Gasteiger partial charge on any atom is -0.340 e. The van der Waals surface area contributed by atoms with Crippen LogP contribution in [0.3, 0.4) is 0 Å². The zero-order chi connectivity index (χ0) is 15.8. The van der Waals surface area contributed by atoms with Crippen LogP contribution in [0.1, 0.15) is 39.2 Å². The van der Waals surface area contributed by atoms with Crippen LogP contribution in [0.5, 0.6) is 0 Å². The lowest BCUT2D eigenvalue weighted by Gasteiger charge is -2.44. The minimum atomic E-state index is -0.861. The predicted octanol–water partition coefficient (Wildman–Crippen LogP) is 3.06. The van der Waals surface area contributed by atoms with E-state index in [0.717, 1.165) is 5.56 Å². The van der Waals surface area contributed by atoms with E-state index in [1.807, 2.05) is 32.9 Å². The van der Waals surface area contributed by atoms with Crippen molar-refractivity contribution in [3.05, 3.63) is 28.8 Å². The number of piperazine rings is 1. The summed E-state index contributed by atoms with van der Waals surface area (Å²) in [5.74, 6) is -0.200. The molecule has 0 radical (unpaired) electrons. The maximum atomic E-state index is 12.9. The van der Waals surface area contributed by atoms with Gasteiger partial charge in [0.05, 0.1) is 0 Å². The van der Waals surface area contributed by atoms with Crippen molar-refractivity contribution in [1.82, 2.24) is 5.32 Å². The lowest BCUT2D eigenvalue weighted by atomic mass is 9.90. The molecule has 1 aromatic rings. The van der Waals surface area contributed by atoms with Gasteiger partial charge >= 0.3 is 0 Å². The number of amides is 2. The van der Waals surface area contributed by atoms with Gasteiger partial charge in [-0.15, -0.1) is 0 Å². The van der Waals surface area contributed by atoms with Crippen LogP contribution in [0.4, 0.5) is 5.69 Å². The number of carbonyl (C=O) groups is 2. The van der Waals surface area contributed by atoms with Crippen LogP contribution in [-0.2, 0) is 9.59 Å². The molecule has 0 bridgehead atoms. The molecule has 0 aliphatic carbocycles. The average molecular weight is 309 g/mol. The van der Waals surface area contributed by atoms with Gasteiger partial charge in [-0.1, -0.05) is 31.5 Å². The molecule has 4 nitrogen and oxygen atoms in total. The molecular weight excluding hydrogens is 288 g/mol. The Bertz CT molecular complexity index is 588. The second-order valence-electron chi connectivity index (χ2n) is 5.71. The molecular formula is C16H21ClN2O2. The first-order valence-corrected chi connectivity index (χ1v) is 7.63. The smallest absolute Gasteiger partial charge is 0.253 e. The highest BCUT2D eigenvalue weighted by atomic mass is 35.5. The summed E-state index contributed by atoms with van der Waals surface area (Å²) >= 11 is 6.17. The highest BCUT2D eigenvalue weighted by Gasteiger charge is 2.46. The standard InChI is InChI=1S/C16H21ClN2O2/c1-5-13-14(20)18-16(4,6-2)15(21)19(13)11-8-7-10(3)12(17)9-11/h7-9,13H,5-6H2,1-4H3,(H,18,20). The van der Waals surface area contributed by atoms with Gasteiger partial charge < -0.3 is 5.32 Å². The zero-order valence-electron chi connectivity index (χ0n) is 12.9. The fourth-order valence-corrected chi connectivity index (χ4v) is 2.74. The van der Waals surface area contributed by atoms with Crippen molar-refractivity contribution in [3.8, 4) is 0 Å². The quantitative estimate of drug-likeness (QED) is 0.933. The van der Waals surface area contributed by atoms with Crippen LogP contribution in [0.15, 0.2) is 18.2 Å². The van der Waals surface area contributed by atoms with Gasteiger partial charge in [0.15, 0.2) is 0 Å². The molecule has 2 rings (SSSR count). The van der Waals surface area contributed by atoms with Crippen molar-refractivity contribution in [2.75, 3.05) is 4.90 Å². The molecule has 2 unspecified atom stereocenters. The normalized spacial score (nSPS) is 26.0. The van der Waals surface area contributed by atoms with Crippen molar-refractivity contribution in [1.29, 1.82) is 0 Å². The summed E-state index contributed by atoms with van der Waals surface area (Å²) in [6, 6.07) is 4.98. The zero-order valence-corrected chi connectivity index (χ0v) is 13.6. The Morgan fingerprint density at radius 2 is 2.00 bits per heavy atom. The van der Waals surface area contributed by atoms with Crippen LogP contribution >= 0.6 is 11.6 Å². The third kappa shape index (κ3) is 2.64. The van der Waals surface area contributed by atoms with E-state index in [4.69, 9.17) is 11.6 Å². The van der Waals surface area contributed by atoms with E-state index in [1.54, 1.807) is 17.9 Å². The van der Waals surface area contributed by atoms with Crippen LogP contribution < -0.4 is 10.2 Å². The summed E-state index contributed by atoms with van der Waals surface area (Å²) in [6.07, 6.45) is 1.10. The van der Waals surface area contributed by atoms with E-state index in [1.165, 1.54) is 0 Å². The van der Waals surface area contributed by atoms with E-state index in [9.17, 15) is 9.59 Å². The monoisotopic (exact) mass is 308 g/mol. The minimum absolute atomic E-state index is 0.0867. The second kappa shape index (κ2) is 5.68. The Labute approximate surface area is 130 Å². The van der Waals surface area contributed by atoms with Gasteiger partial charge in [0.2, 0.25) is 5.91 Å². The molecule has 1 aromatic carbocycles. The molecule has 0 spiro atoms. The fraction of sp³-hybridized carbons (Fsp3) is 0.500. The third-order valence-electron chi connectivity index (χ3n) is 4.23. The Morgan fingerprint density at radius 1 is 1.33 bits per heavy atom. The Morgan fingerprint density at radius 3 is 2.52 bits per heavy atom. The van der Waals surface area contributed by atoms with Gasteiger partial charge in [0.1, 0.15) is 11.6 Å². The molecule has 21 heavy (non-hydrogen) atoms. The van der Waals surface area contributed by atoms with Crippen molar-refractivity contribution in [3.63, 3.8) is 0 Å². The number of hydrogen-bond donors (Lipinski definition) is 1. The van der Waals surface area contributed by atoms with E-state index < -0.39 is 11.6 Å². The van der Waals surface area contributed by atoms with Gasteiger partial charge in [-0.3, -0.25) is 14.5 Å². The molecule has 1 fully saturated rings. The second-order valence-corrected chi connectivity index (χ2v) is 6.11. The number of benzene rings is 1. The number of carbonyl (C=O) groups excluding carboxylic acids is 2. The van der Waals surface area contributed by atoms with Crippen molar-refractivity contribution < 1.29 is 9.59 Å². The molecule has 114 valence electrons. The number of anilines is 1. The van der Waals surface area contributed by atoms with Crippen LogP contribution in [0, 0.1) is 6.92 Å². The Balaban J connectivity index is 2.51. The molecule has 5 heteroatoms. The van der Waals surface area contributed by atoms with Gasteiger partial charge in [-0.05, 0) is 44.4 Å². The van der Waals surface area contributed by atoms with Crippen LogP contribution in [-0.4, -0.2) is 23.4 Å². The molecule has 2 atom stereocenters. The Hall–Kier alpha value is -1.55. The fourth-order valence-electron chi connectivity index (χ4n) is 2.57. The number of hydrogen-bond acceptors (Lipinski definition) is 2. The first-order chi connectivity index (χ1) is 9.84. The summed E-state index contributed by atoms with van der Waals surface area (Å²) in [5, 5.41) is 3.45. The van der Waals surface area contributed by atoms with Crippen LogP contribution in [0.2, 0.25) is 5.02 Å². The SMILES string of the molecule is CCC1C(=O)NC(C)(CC)C(=O)N1c1ccc(C)c(Cl)c1. The number of halogens is 1. The molecule has 0 saturated carbocycles. The summed E-state index contributed by atoms with van der Waals surface area (Å²) in [4.78, 5) is 26.8. The first-order valence-electron chi connectivity index (χ1n) is 7.26. The maximum Gasteiger partial charge on any atom is 0.253 e. The number of nitrogens with one attached hydrogen (secondary N) is 1. The van der Waals surface area contributed by atoms with Crippen molar-refractivity contribution >= 4 is 29.1 Å². The maximum absolute atomic E-state index is 12.9. The van der Waals surface area contributed by atoms with Gasteiger partial charge in [0, 0.05) is 10.7 Å². The molecule has 1 saturated heterocycles. The third-order valence-corrected chi connectivity index (χ3v) is 4.64. The van der Waals surface area contributed by atoms with E-state index in [0.29, 0.717) is 23.6 Å². The lowest BCUT2D eigenvalue weighted by Crippen LogP contribution is -2.69. The average Bonchev–Trinajstić information content (AvgIpc) is 2.45. The van der Waals surface area contributed by atoms with Crippen LogP contribution in [0.25, 0.3) is 0 Å². The van der Waals surface area contributed by atoms with E-state index in [-0.39, 0.29) is 11.8 Å². The largest absolute Gasteiger partial charge is 0.340 e. The van der Waals surface area contributed by atoms with Gasteiger partial charge in [-0.2, -0.15) is 0 Å². The predicted molar refractivity (Wildman–Crippen MR) is 84.6 cm³/mol. The highest BCUT2D eigenvalue weighted by Crippen LogP contribution is 2.31. The molecule has 2 amide bonds. The van der Waals surface area contributed by atoms with E-state index >= 15 is 0 Å². The topological polar surface area (TPSA) is 49.4 Å². The summed E-state index contributed by atoms with van der Waals surface area (Å²) < 4.78 is 0. The summed E-state index contributed by atoms with van der Waals surface area (Å²) in [5.41, 5.74) is 0.762. The first kappa shape index (κ1) is 15.8. The number of aryl methyl sites for hydroxylation is 1. The summed E-state index contributed by atoms with van der Waals surface area (Å²) in [7, 11) is 0. The van der Waals surface area contributed by atoms with E-state index in [2.05, 4.69) is 5.32 Å². The Kier molecular flexibility index (Phi) is 4.28. The molecule has 0 aromatic heterocycles. The lowest BCUT2D eigenvalue weighted by molar-refractivity contribution is -0.138. The molecule has 1 aliphatic rings. The van der Waals surface area contributed by atoms with Gasteiger partial charge in [-0.25, -0.2) is 0 Å². The highest BCUT2D eigenvalue weighted by molar-refractivity contribution is 6.31. The summed E-state index contributed by atoms with van der Waals surface area (Å²) in [6.45, 7) is 7.46. The molecule has 1 N–H and O–H groups in total. The number of nitrogens with zero attached hydrogens (tertiary/aromatic N) is 1. The van der Waals surface area contributed by atoms with Crippen molar-refractivity contribution in [2.45, 2.75) is 52.1 Å². The van der Waals surface area contributed by atoms with Crippen molar-refractivity contribution in [2.24, 2.45) is 0 Å². The molecule has 1 heterocycles. The van der Waals surface area contributed by atoms with Gasteiger partial charge in [0.25, 0.3) is 5.91 Å².